The highest BCUT2D eigenvalue weighted by Gasteiger charge is 2.29. The number of aryl methyl sites for hydroxylation is 1. The lowest BCUT2D eigenvalue weighted by Crippen LogP contribution is -2.49. The van der Waals surface area contributed by atoms with Crippen molar-refractivity contribution < 1.29 is 4.42 Å². The summed E-state index contributed by atoms with van der Waals surface area (Å²) in [5.41, 5.74) is 2.39. The van der Waals surface area contributed by atoms with E-state index in [0.717, 1.165) is 37.0 Å². The molecule has 3 heterocycles. The Bertz CT molecular complexity index is 645. The number of hydrogen-bond donors (Lipinski definition) is 1. The second kappa shape index (κ2) is 6.03. The molecule has 2 fully saturated rings. The standard InChI is InChI=1S/C18H25N3O/c1-14-17(16-4-2-3-5-18(16)22-14)13-20-9-6-15(12-20)21-10-7-19-8-11-21/h2-5,15,19H,6-13H2,1H3. The van der Waals surface area contributed by atoms with Gasteiger partial charge in [-0.1, -0.05) is 18.2 Å². The van der Waals surface area contributed by atoms with Crippen LogP contribution in [0.5, 0.6) is 0 Å². The Morgan fingerprint density at radius 1 is 1.18 bits per heavy atom. The highest BCUT2D eigenvalue weighted by Crippen LogP contribution is 2.28. The van der Waals surface area contributed by atoms with Gasteiger partial charge in [0.05, 0.1) is 0 Å². The quantitative estimate of drug-likeness (QED) is 0.942. The van der Waals surface area contributed by atoms with E-state index in [9.17, 15) is 0 Å². The van der Waals surface area contributed by atoms with Crippen LogP contribution >= 0.6 is 0 Å². The van der Waals surface area contributed by atoms with E-state index in [4.69, 9.17) is 4.42 Å². The molecule has 4 nitrogen and oxygen atoms in total. The first-order chi connectivity index (χ1) is 10.8. The van der Waals surface area contributed by atoms with Gasteiger partial charge in [-0.05, 0) is 19.4 Å². The highest BCUT2D eigenvalue weighted by molar-refractivity contribution is 5.82. The molecule has 0 saturated carbocycles. The maximum atomic E-state index is 5.91. The zero-order valence-electron chi connectivity index (χ0n) is 13.3. The molecule has 2 aliphatic rings. The molecule has 2 aliphatic heterocycles. The Hall–Kier alpha value is -1.36. The van der Waals surface area contributed by atoms with Gasteiger partial charge in [-0.15, -0.1) is 0 Å². The van der Waals surface area contributed by atoms with Gasteiger partial charge < -0.3 is 9.73 Å². The van der Waals surface area contributed by atoms with Gasteiger partial charge in [-0.3, -0.25) is 9.80 Å². The van der Waals surface area contributed by atoms with E-state index in [1.54, 1.807) is 0 Å². The van der Waals surface area contributed by atoms with Crippen LogP contribution in [0.1, 0.15) is 17.7 Å². The van der Waals surface area contributed by atoms with E-state index in [1.807, 2.05) is 6.07 Å². The minimum atomic E-state index is 0.737. The molecule has 4 heteroatoms. The predicted molar refractivity (Wildman–Crippen MR) is 89.1 cm³/mol. The summed E-state index contributed by atoms with van der Waals surface area (Å²) in [5.74, 6) is 1.08. The number of nitrogens with zero attached hydrogens (tertiary/aromatic N) is 2. The third-order valence-electron chi connectivity index (χ3n) is 5.20. The first-order valence-electron chi connectivity index (χ1n) is 8.45. The third kappa shape index (κ3) is 2.67. The van der Waals surface area contributed by atoms with E-state index in [-0.39, 0.29) is 0 Å². The van der Waals surface area contributed by atoms with Crippen LogP contribution < -0.4 is 5.32 Å². The largest absolute Gasteiger partial charge is 0.461 e. The number of para-hydroxylation sites is 1. The van der Waals surface area contributed by atoms with E-state index in [0.29, 0.717) is 0 Å². The zero-order chi connectivity index (χ0) is 14.9. The van der Waals surface area contributed by atoms with Crippen LogP contribution in [-0.4, -0.2) is 55.1 Å². The monoisotopic (exact) mass is 299 g/mol. The van der Waals surface area contributed by atoms with Gasteiger partial charge in [0, 0.05) is 62.8 Å². The molecule has 2 saturated heterocycles. The Morgan fingerprint density at radius 3 is 2.86 bits per heavy atom. The smallest absolute Gasteiger partial charge is 0.134 e. The number of likely N-dealkylation sites (tertiary alicyclic amines) is 1. The molecular weight excluding hydrogens is 274 g/mol. The van der Waals surface area contributed by atoms with Crippen LogP contribution in [0.3, 0.4) is 0 Å². The summed E-state index contributed by atoms with van der Waals surface area (Å²) >= 11 is 0. The van der Waals surface area contributed by atoms with Crippen molar-refractivity contribution >= 4 is 11.0 Å². The Morgan fingerprint density at radius 2 is 2.00 bits per heavy atom. The lowest BCUT2D eigenvalue weighted by molar-refractivity contribution is 0.170. The molecule has 1 atom stereocenters. The van der Waals surface area contributed by atoms with Crippen LogP contribution in [0.2, 0.25) is 0 Å². The van der Waals surface area contributed by atoms with Crippen molar-refractivity contribution in [3.05, 3.63) is 35.6 Å². The average molecular weight is 299 g/mol. The lowest BCUT2D eigenvalue weighted by atomic mass is 10.1. The zero-order valence-corrected chi connectivity index (χ0v) is 13.3. The van der Waals surface area contributed by atoms with E-state index in [2.05, 4.69) is 40.2 Å². The normalized spacial score (nSPS) is 24.3. The molecule has 0 aliphatic carbocycles. The lowest BCUT2D eigenvalue weighted by Gasteiger charge is -2.32. The summed E-state index contributed by atoms with van der Waals surface area (Å²) in [6.45, 7) is 10.2. The molecule has 1 aromatic heterocycles. The number of nitrogens with one attached hydrogen (secondary N) is 1. The van der Waals surface area contributed by atoms with Crippen LogP contribution in [0.25, 0.3) is 11.0 Å². The number of benzene rings is 1. The Labute approximate surface area is 132 Å². The maximum Gasteiger partial charge on any atom is 0.134 e. The average Bonchev–Trinajstić information content (AvgIpc) is 3.14. The van der Waals surface area contributed by atoms with Crippen molar-refractivity contribution in [3.8, 4) is 0 Å². The molecule has 4 rings (SSSR count). The molecule has 1 unspecified atom stereocenters. The molecule has 0 spiro atoms. The number of piperazine rings is 1. The van der Waals surface area contributed by atoms with Crippen LogP contribution in [0, 0.1) is 6.92 Å². The molecule has 1 N–H and O–H groups in total. The Balaban J connectivity index is 1.46. The fraction of sp³-hybridized carbons (Fsp3) is 0.556. The molecular formula is C18H25N3O. The van der Waals surface area contributed by atoms with Gasteiger partial charge in [-0.2, -0.15) is 0 Å². The van der Waals surface area contributed by atoms with Crippen molar-refractivity contribution in [2.24, 2.45) is 0 Å². The summed E-state index contributed by atoms with van der Waals surface area (Å²) in [5, 5.41) is 4.73. The number of furan rings is 1. The Kier molecular flexibility index (Phi) is 3.90. The second-order valence-electron chi connectivity index (χ2n) is 6.60. The number of hydrogen-bond acceptors (Lipinski definition) is 4. The molecule has 0 radical (unpaired) electrons. The van der Waals surface area contributed by atoms with E-state index < -0.39 is 0 Å². The van der Waals surface area contributed by atoms with E-state index >= 15 is 0 Å². The van der Waals surface area contributed by atoms with Crippen LogP contribution in [-0.2, 0) is 6.54 Å². The summed E-state index contributed by atoms with van der Waals surface area (Å²) in [6, 6.07) is 9.14. The van der Waals surface area contributed by atoms with Gasteiger partial charge >= 0.3 is 0 Å². The van der Waals surface area contributed by atoms with Crippen molar-refractivity contribution in [2.75, 3.05) is 39.3 Å². The first-order valence-corrected chi connectivity index (χ1v) is 8.45. The van der Waals surface area contributed by atoms with Gasteiger partial charge in [0.25, 0.3) is 0 Å². The second-order valence-corrected chi connectivity index (χ2v) is 6.60. The summed E-state index contributed by atoms with van der Waals surface area (Å²) in [7, 11) is 0. The SMILES string of the molecule is Cc1oc2ccccc2c1CN1CCC(N2CCNCC2)C1. The maximum absolute atomic E-state index is 5.91. The van der Waals surface area contributed by atoms with Crippen molar-refractivity contribution in [2.45, 2.75) is 25.9 Å². The van der Waals surface area contributed by atoms with Crippen molar-refractivity contribution in [1.82, 2.24) is 15.1 Å². The molecule has 0 bridgehead atoms. The first kappa shape index (κ1) is 14.2. The third-order valence-corrected chi connectivity index (χ3v) is 5.20. The van der Waals surface area contributed by atoms with Crippen molar-refractivity contribution in [1.29, 1.82) is 0 Å². The molecule has 2 aromatic rings. The van der Waals surface area contributed by atoms with Gasteiger partial charge in [0.15, 0.2) is 0 Å². The number of fused-ring (bicyclic) bond motifs is 1. The summed E-state index contributed by atoms with van der Waals surface area (Å²) < 4.78 is 5.91. The minimum absolute atomic E-state index is 0.737. The molecule has 22 heavy (non-hydrogen) atoms. The van der Waals surface area contributed by atoms with E-state index in [1.165, 1.54) is 43.5 Å². The van der Waals surface area contributed by atoms with Gasteiger partial charge in [-0.25, -0.2) is 0 Å². The molecule has 0 amide bonds. The van der Waals surface area contributed by atoms with Crippen LogP contribution in [0.15, 0.2) is 28.7 Å². The molecule has 1 aromatic carbocycles. The molecule has 118 valence electrons. The van der Waals surface area contributed by atoms with Gasteiger partial charge in [0.1, 0.15) is 11.3 Å². The number of rotatable bonds is 3. The predicted octanol–water partition coefficient (Wildman–Crippen LogP) is 2.22. The summed E-state index contributed by atoms with van der Waals surface area (Å²) in [6.07, 6.45) is 1.30. The fourth-order valence-electron chi connectivity index (χ4n) is 3.94. The minimum Gasteiger partial charge on any atom is -0.461 e. The fourth-order valence-corrected chi connectivity index (χ4v) is 3.94. The topological polar surface area (TPSA) is 31.7 Å². The summed E-state index contributed by atoms with van der Waals surface area (Å²) in [4.78, 5) is 5.26. The highest BCUT2D eigenvalue weighted by atomic mass is 16.3. The van der Waals surface area contributed by atoms with Crippen molar-refractivity contribution in [3.63, 3.8) is 0 Å². The van der Waals surface area contributed by atoms with Gasteiger partial charge in [0.2, 0.25) is 0 Å². The van der Waals surface area contributed by atoms with Crippen LogP contribution in [0.4, 0.5) is 0 Å².